The Kier molecular flexibility index (Phi) is 3.18. The second-order valence-corrected chi connectivity index (χ2v) is 5.11. The highest BCUT2D eigenvalue weighted by Crippen LogP contribution is 2.49. The van der Waals surface area contributed by atoms with Gasteiger partial charge in [0.25, 0.3) is 0 Å². The number of esters is 1. The van der Waals surface area contributed by atoms with E-state index in [9.17, 15) is 9.59 Å². The van der Waals surface area contributed by atoms with E-state index in [1.165, 1.54) is 0 Å². The van der Waals surface area contributed by atoms with Gasteiger partial charge in [0.15, 0.2) is 0 Å². The van der Waals surface area contributed by atoms with Gasteiger partial charge in [-0.15, -0.1) is 0 Å². The van der Waals surface area contributed by atoms with Crippen LogP contribution in [0.3, 0.4) is 0 Å². The molecule has 4 unspecified atom stereocenters. The zero-order valence-corrected chi connectivity index (χ0v) is 10.3. The number of hydrogen-bond acceptors (Lipinski definition) is 3. The van der Waals surface area contributed by atoms with Crippen molar-refractivity contribution in [1.29, 1.82) is 0 Å². The average molecular weight is 324 g/mol. The number of aliphatic carboxylic acids is 1. The number of fused-ring (bicyclic) bond motifs is 2. The summed E-state index contributed by atoms with van der Waals surface area (Å²) in [6, 6.07) is 0. The van der Waals surface area contributed by atoms with Crippen LogP contribution in [-0.2, 0) is 14.3 Å². The third-order valence-corrected chi connectivity index (χ3v) is 4.08. The highest BCUT2D eigenvalue weighted by atomic mass is 127. The average Bonchev–Trinajstić information content (AvgIpc) is 2.76. The zero-order valence-electron chi connectivity index (χ0n) is 8.19. The quantitative estimate of drug-likeness (QED) is 0.485. The van der Waals surface area contributed by atoms with E-state index in [0.29, 0.717) is 10.3 Å². The van der Waals surface area contributed by atoms with Gasteiger partial charge >= 0.3 is 11.9 Å². The molecule has 2 rings (SSSR count). The Balaban J connectivity index is 1.99. The summed E-state index contributed by atoms with van der Waals surface area (Å²) >= 11 is 1.96. The molecule has 0 aromatic rings. The summed E-state index contributed by atoms with van der Waals surface area (Å²) < 4.78 is 5.60. The monoisotopic (exact) mass is 324 g/mol. The molecule has 84 valence electrons. The fourth-order valence-electron chi connectivity index (χ4n) is 2.91. The summed E-state index contributed by atoms with van der Waals surface area (Å²) in [7, 11) is 0. The van der Waals surface area contributed by atoms with Crippen LogP contribution in [0.1, 0.15) is 19.3 Å². The molecule has 2 aliphatic rings. The van der Waals surface area contributed by atoms with E-state index >= 15 is 0 Å². The van der Waals surface area contributed by atoms with Gasteiger partial charge in [0.05, 0.1) is 10.3 Å². The third-order valence-electron chi connectivity index (χ3n) is 3.46. The van der Waals surface area contributed by atoms with E-state index in [-0.39, 0.29) is 23.9 Å². The number of carbonyl (C=O) groups is 2. The summed E-state index contributed by atoms with van der Waals surface area (Å²) in [6.45, 7) is 0. The number of carboxylic acid groups (broad SMARTS) is 1. The van der Waals surface area contributed by atoms with Crippen molar-refractivity contribution in [3.05, 3.63) is 0 Å². The summed E-state index contributed by atoms with van der Waals surface area (Å²) in [4.78, 5) is 22.1. The van der Waals surface area contributed by atoms with E-state index in [2.05, 4.69) is 0 Å². The highest BCUT2D eigenvalue weighted by molar-refractivity contribution is 14.1. The lowest BCUT2D eigenvalue weighted by Gasteiger charge is -2.26. The standard InChI is InChI=1S/C10H13IO4/c11-4-9(12)15-8-3-5-1-6(8)7(2-5)10(13)14/h5-8H,1-4H2,(H,13,14). The topological polar surface area (TPSA) is 63.6 Å². The Labute approximate surface area is 102 Å². The van der Waals surface area contributed by atoms with Crippen LogP contribution in [0.2, 0.25) is 0 Å². The van der Waals surface area contributed by atoms with Gasteiger partial charge in [-0.3, -0.25) is 9.59 Å². The number of rotatable bonds is 3. The van der Waals surface area contributed by atoms with Crippen molar-refractivity contribution in [1.82, 2.24) is 0 Å². The molecule has 15 heavy (non-hydrogen) atoms. The smallest absolute Gasteiger partial charge is 0.316 e. The molecule has 0 amide bonds. The second-order valence-electron chi connectivity index (χ2n) is 4.34. The van der Waals surface area contributed by atoms with Gasteiger partial charge in [-0.2, -0.15) is 0 Å². The maximum Gasteiger partial charge on any atom is 0.316 e. The van der Waals surface area contributed by atoms with Crippen LogP contribution < -0.4 is 0 Å². The number of halogens is 1. The number of alkyl halides is 1. The number of ether oxygens (including phenoxy) is 1. The molecule has 1 N–H and O–H groups in total. The minimum atomic E-state index is -0.738. The van der Waals surface area contributed by atoms with E-state index in [4.69, 9.17) is 9.84 Å². The first-order valence-electron chi connectivity index (χ1n) is 5.10. The molecule has 0 spiro atoms. The van der Waals surface area contributed by atoms with Gasteiger partial charge in [-0.25, -0.2) is 0 Å². The SMILES string of the molecule is O=C(CI)OC1CC2CC(C(=O)O)C1C2. The number of hydrogen-bond donors (Lipinski definition) is 1. The van der Waals surface area contributed by atoms with Gasteiger partial charge < -0.3 is 9.84 Å². The molecule has 4 nitrogen and oxygen atoms in total. The first kappa shape index (κ1) is 11.2. The Bertz CT molecular complexity index is 291. The molecular formula is C10H13IO4. The normalized spacial score (nSPS) is 37.9. The molecule has 2 fully saturated rings. The van der Waals surface area contributed by atoms with Gasteiger partial charge in [0.2, 0.25) is 0 Å². The van der Waals surface area contributed by atoms with E-state index in [1.54, 1.807) is 0 Å². The second kappa shape index (κ2) is 4.27. The van der Waals surface area contributed by atoms with E-state index < -0.39 is 5.97 Å². The first-order valence-corrected chi connectivity index (χ1v) is 6.62. The molecule has 0 aromatic heterocycles. The lowest BCUT2D eigenvalue weighted by atomic mass is 9.87. The molecule has 0 aliphatic heterocycles. The van der Waals surface area contributed by atoms with Gasteiger partial charge in [0, 0.05) is 5.92 Å². The predicted octanol–water partition coefficient (Wildman–Crippen LogP) is 1.46. The highest BCUT2D eigenvalue weighted by Gasteiger charge is 2.50. The molecule has 0 radical (unpaired) electrons. The lowest BCUT2D eigenvalue weighted by Crippen LogP contribution is -2.33. The predicted molar refractivity (Wildman–Crippen MR) is 60.7 cm³/mol. The van der Waals surface area contributed by atoms with Crippen LogP contribution in [0.5, 0.6) is 0 Å². The third kappa shape index (κ3) is 2.11. The Morgan fingerprint density at radius 2 is 2.07 bits per heavy atom. The zero-order chi connectivity index (χ0) is 11.0. The maximum atomic E-state index is 11.1. The fourth-order valence-corrected chi connectivity index (χ4v) is 3.09. The van der Waals surface area contributed by atoms with Crippen molar-refractivity contribution in [3.8, 4) is 0 Å². The number of carboxylic acids is 1. The first-order chi connectivity index (χ1) is 7.11. The van der Waals surface area contributed by atoms with Crippen molar-refractivity contribution in [2.75, 3.05) is 4.43 Å². The fraction of sp³-hybridized carbons (Fsp3) is 0.800. The molecule has 2 saturated carbocycles. The van der Waals surface area contributed by atoms with Crippen molar-refractivity contribution < 1.29 is 19.4 Å². The summed E-state index contributed by atoms with van der Waals surface area (Å²) in [5.41, 5.74) is 0. The molecule has 2 aliphatic carbocycles. The van der Waals surface area contributed by atoms with Crippen LogP contribution in [0, 0.1) is 17.8 Å². The lowest BCUT2D eigenvalue weighted by molar-refractivity contribution is -0.155. The minimum absolute atomic E-state index is 0.0550. The maximum absolute atomic E-state index is 11.1. The van der Waals surface area contributed by atoms with Crippen molar-refractivity contribution in [2.24, 2.45) is 17.8 Å². The van der Waals surface area contributed by atoms with Crippen LogP contribution in [0.15, 0.2) is 0 Å². The molecule has 0 saturated heterocycles. The molecule has 5 heteroatoms. The van der Waals surface area contributed by atoms with E-state index in [0.717, 1.165) is 19.3 Å². The van der Waals surface area contributed by atoms with E-state index in [1.807, 2.05) is 22.6 Å². The summed E-state index contributed by atoms with van der Waals surface area (Å²) in [5, 5.41) is 9.00. The van der Waals surface area contributed by atoms with Crippen LogP contribution >= 0.6 is 22.6 Å². The van der Waals surface area contributed by atoms with Crippen LogP contribution in [-0.4, -0.2) is 27.6 Å². The van der Waals surface area contributed by atoms with Crippen LogP contribution in [0.4, 0.5) is 0 Å². The van der Waals surface area contributed by atoms with Gasteiger partial charge in [-0.05, 0) is 25.2 Å². The molecule has 4 atom stereocenters. The summed E-state index contributed by atoms with van der Waals surface area (Å²) in [5.74, 6) is -0.756. The summed E-state index contributed by atoms with van der Waals surface area (Å²) in [6.07, 6.45) is 2.39. The number of carbonyl (C=O) groups excluding carboxylic acids is 1. The Morgan fingerprint density at radius 1 is 1.33 bits per heavy atom. The molecule has 0 heterocycles. The minimum Gasteiger partial charge on any atom is -0.481 e. The molecule has 2 bridgehead atoms. The van der Waals surface area contributed by atoms with Gasteiger partial charge in [-0.1, -0.05) is 22.6 Å². The van der Waals surface area contributed by atoms with Crippen molar-refractivity contribution >= 4 is 34.5 Å². The Morgan fingerprint density at radius 3 is 2.60 bits per heavy atom. The largest absolute Gasteiger partial charge is 0.481 e. The van der Waals surface area contributed by atoms with Crippen molar-refractivity contribution in [2.45, 2.75) is 25.4 Å². The van der Waals surface area contributed by atoms with Crippen LogP contribution in [0.25, 0.3) is 0 Å². The molecule has 0 aromatic carbocycles. The van der Waals surface area contributed by atoms with Crippen molar-refractivity contribution in [3.63, 3.8) is 0 Å². The molecular weight excluding hydrogens is 311 g/mol. The Hall–Kier alpha value is -0.330. The van der Waals surface area contributed by atoms with Gasteiger partial charge in [0.1, 0.15) is 6.10 Å².